The molecule has 2 aromatic rings. The van der Waals surface area contributed by atoms with Gasteiger partial charge in [-0.2, -0.15) is 0 Å². The average molecular weight is 244 g/mol. The van der Waals surface area contributed by atoms with Crippen molar-refractivity contribution in [2.45, 2.75) is 38.6 Å². The normalized spacial score (nSPS) is 18.6. The summed E-state index contributed by atoms with van der Waals surface area (Å²) in [5.41, 5.74) is 5.12. The molecule has 18 heavy (non-hydrogen) atoms. The molecule has 3 N–H and O–H groups in total. The summed E-state index contributed by atoms with van der Waals surface area (Å²) < 4.78 is 6.02. The first-order valence-electron chi connectivity index (χ1n) is 6.75. The van der Waals surface area contributed by atoms with E-state index < -0.39 is 0 Å². The third kappa shape index (κ3) is 1.93. The van der Waals surface area contributed by atoms with Gasteiger partial charge in [0.15, 0.2) is 0 Å². The van der Waals surface area contributed by atoms with E-state index in [1.807, 2.05) is 0 Å². The molecule has 1 aliphatic rings. The second-order valence-electron chi connectivity index (χ2n) is 5.33. The van der Waals surface area contributed by atoms with Crippen LogP contribution in [0.3, 0.4) is 0 Å². The van der Waals surface area contributed by atoms with E-state index in [2.05, 4.69) is 36.6 Å². The van der Waals surface area contributed by atoms with Gasteiger partial charge in [0.2, 0.25) is 0 Å². The van der Waals surface area contributed by atoms with Crippen LogP contribution in [0.25, 0.3) is 11.0 Å². The summed E-state index contributed by atoms with van der Waals surface area (Å²) in [6.07, 6.45) is 5.10. The Labute approximate surface area is 107 Å². The molecule has 0 amide bonds. The second-order valence-corrected chi connectivity index (χ2v) is 5.33. The summed E-state index contributed by atoms with van der Waals surface area (Å²) in [4.78, 5) is 0. The fourth-order valence-corrected chi connectivity index (χ4v) is 3.12. The molecule has 1 fully saturated rings. The zero-order valence-corrected chi connectivity index (χ0v) is 10.8. The molecule has 1 unspecified atom stereocenters. The molecule has 3 nitrogen and oxygen atoms in total. The Balaban J connectivity index is 1.99. The van der Waals surface area contributed by atoms with Crippen molar-refractivity contribution in [1.82, 2.24) is 5.43 Å². The Morgan fingerprint density at radius 3 is 2.78 bits per heavy atom. The van der Waals surface area contributed by atoms with Gasteiger partial charge in [-0.3, -0.25) is 5.84 Å². The molecule has 0 saturated heterocycles. The second kappa shape index (κ2) is 4.75. The van der Waals surface area contributed by atoms with E-state index in [-0.39, 0.29) is 6.04 Å². The Hall–Kier alpha value is -1.32. The number of rotatable bonds is 3. The smallest absolute Gasteiger partial charge is 0.137 e. The Morgan fingerprint density at radius 2 is 2.11 bits per heavy atom. The number of nitrogens with one attached hydrogen (secondary N) is 1. The summed E-state index contributed by atoms with van der Waals surface area (Å²) in [5, 5.41) is 1.17. The van der Waals surface area contributed by atoms with Gasteiger partial charge in [0.25, 0.3) is 0 Å². The van der Waals surface area contributed by atoms with Crippen LogP contribution in [0, 0.1) is 12.8 Å². The van der Waals surface area contributed by atoms with E-state index in [1.54, 1.807) is 0 Å². The zero-order valence-electron chi connectivity index (χ0n) is 10.8. The van der Waals surface area contributed by atoms with Crippen molar-refractivity contribution in [3.8, 4) is 0 Å². The predicted octanol–water partition coefficient (Wildman–Crippen LogP) is 3.44. The van der Waals surface area contributed by atoms with Crippen molar-refractivity contribution >= 4 is 11.0 Å². The molecule has 0 spiro atoms. The molecule has 1 aromatic heterocycles. The third-order valence-electron chi connectivity index (χ3n) is 4.12. The van der Waals surface area contributed by atoms with Crippen molar-refractivity contribution in [2.24, 2.45) is 11.8 Å². The molecule has 1 aromatic carbocycles. The average Bonchev–Trinajstić information content (AvgIpc) is 3.00. The van der Waals surface area contributed by atoms with Gasteiger partial charge >= 0.3 is 0 Å². The number of furan rings is 1. The number of fused-ring (bicyclic) bond motifs is 1. The van der Waals surface area contributed by atoms with Crippen molar-refractivity contribution in [3.63, 3.8) is 0 Å². The number of hydrazine groups is 1. The first-order valence-corrected chi connectivity index (χ1v) is 6.75. The summed E-state index contributed by atoms with van der Waals surface area (Å²) in [6, 6.07) is 8.52. The lowest BCUT2D eigenvalue weighted by molar-refractivity contribution is 0.323. The van der Waals surface area contributed by atoms with E-state index >= 15 is 0 Å². The first kappa shape index (κ1) is 11.8. The summed E-state index contributed by atoms with van der Waals surface area (Å²) in [5.74, 6) is 7.32. The van der Waals surface area contributed by atoms with Crippen LogP contribution >= 0.6 is 0 Å². The zero-order chi connectivity index (χ0) is 12.5. The predicted molar refractivity (Wildman–Crippen MR) is 73.0 cm³/mol. The van der Waals surface area contributed by atoms with Crippen LogP contribution in [-0.4, -0.2) is 0 Å². The monoisotopic (exact) mass is 244 g/mol. The molecular weight excluding hydrogens is 224 g/mol. The number of hydrogen-bond donors (Lipinski definition) is 2. The minimum absolute atomic E-state index is 0.152. The van der Waals surface area contributed by atoms with Gasteiger partial charge in [-0.05, 0) is 37.3 Å². The maximum atomic E-state index is 6.02. The van der Waals surface area contributed by atoms with Crippen LogP contribution in [0.4, 0.5) is 0 Å². The first-order chi connectivity index (χ1) is 8.79. The van der Waals surface area contributed by atoms with Gasteiger partial charge in [0.05, 0.1) is 6.04 Å². The Kier molecular flexibility index (Phi) is 3.10. The topological polar surface area (TPSA) is 51.2 Å². The van der Waals surface area contributed by atoms with Crippen molar-refractivity contribution < 1.29 is 4.42 Å². The maximum absolute atomic E-state index is 6.02. The summed E-state index contributed by atoms with van der Waals surface area (Å²) in [6.45, 7) is 2.08. The summed E-state index contributed by atoms with van der Waals surface area (Å²) in [7, 11) is 0. The molecule has 1 atom stereocenters. The highest BCUT2D eigenvalue weighted by Gasteiger charge is 2.28. The Morgan fingerprint density at radius 1 is 1.33 bits per heavy atom. The van der Waals surface area contributed by atoms with Gasteiger partial charge in [0.1, 0.15) is 11.3 Å². The number of hydrogen-bond acceptors (Lipinski definition) is 3. The molecule has 0 aliphatic heterocycles. The molecule has 1 saturated carbocycles. The third-order valence-corrected chi connectivity index (χ3v) is 4.12. The summed E-state index contributed by atoms with van der Waals surface area (Å²) >= 11 is 0. The number of aryl methyl sites for hydroxylation is 1. The highest BCUT2D eigenvalue weighted by Crippen LogP contribution is 2.37. The highest BCUT2D eigenvalue weighted by molar-refractivity contribution is 5.81. The van der Waals surface area contributed by atoms with Gasteiger partial charge in [-0.25, -0.2) is 5.43 Å². The maximum Gasteiger partial charge on any atom is 0.137 e. The molecule has 0 bridgehead atoms. The van der Waals surface area contributed by atoms with Crippen LogP contribution in [0.1, 0.15) is 43.0 Å². The van der Waals surface area contributed by atoms with Gasteiger partial charge in [-0.15, -0.1) is 0 Å². The van der Waals surface area contributed by atoms with Crippen LogP contribution in [0.2, 0.25) is 0 Å². The number of nitrogens with two attached hydrogens (primary N) is 1. The standard InChI is InChI=1S/C15H20N2O/c1-10-5-4-8-12-9-13(18-15(10)12)14(17-16)11-6-2-3-7-11/h4-5,8-9,11,14,17H,2-3,6-7,16H2,1H3. The molecule has 1 aliphatic carbocycles. The fraction of sp³-hybridized carbons (Fsp3) is 0.467. The van der Waals surface area contributed by atoms with Gasteiger partial charge in [0, 0.05) is 5.39 Å². The van der Waals surface area contributed by atoms with E-state index in [0.29, 0.717) is 5.92 Å². The highest BCUT2D eigenvalue weighted by atomic mass is 16.3. The SMILES string of the molecule is Cc1cccc2cc(C(NN)C3CCCC3)oc12. The largest absolute Gasteiger partial charge is 0.459 e. The quantitative estimate of drug-likeness (QED) is 0.642. The molecule has 3 rings (SSSR count). The molecule has 96 valence electrons. The lowest BCUT2D eigenvalue weighted by Crippen LogP contribution is -2.32. The lowest BCUT2D eigenvalue weighted by Gasteiger charge is -2.20. The van der Waals surface area contributed by atoms with Gasteiger partial charge in [-0.1, -0.05) is 31.0 Å². The van der Waals surface area contributed by atoms with Crippen molar-refractivity contribution in [2.75, 3.05) is 0 Å². The number of para-hydroxylation sites is 1. The van der Waals surface area contributed by atoms with Crippen molar-refractivity contribution in [1.29, 1.82) is 0 Å². The lowest BCUT2D eigenvalue weighted by atomic mass is 9.96. The van der Waals surface area contributed by atoms with E-state index in [1.165, 1.54) is 36.6 Å². The van der Waals surface area contributed by atoms with Crippen LogP contribution < -0.4 is 11.3 Å². The Bertz CT molecular complexity index is 540. The van der Waals surface area contributed by atoms with Crippen molar-refractivity contribution in [3.05, 3.63) is 35.6 Å². The fourth-order valence-electron chi connectivity index (χ4n) is 3.12. The molecular formula is C15H20N2O. The van der Waals surface area contributed by atoms with Crippen LogP contribution in [-0.2, 0) is 0 Å². The van der Waals surface area contributed by atoms with Crippen LogP contribution in [0.15, 0.2) is 28.7 Å². The molecule has 0 radical (unpaired) electrons. The van der Waals surface area contributed by atoms with E-state index in [9.17, 15) is 0 Å². The molecule has 3 heteroatoms. The van der Waals surface area contributed by atoms with Gasteiger partial charge < -0.3 is 4.42 Å². The number of benzene rings is 1. The minimum Gasteiger partial charge on any atom is -0.459 e. The van der Waals surface area contributed by atoms with E-state index in [0.717, 1.165) is 11.3 Å². The molecule has 1 heterocycles. The van der Waals surface area contributed by atoms with Crippen LogP contribution in [0.5, 0.6) is 0 Å². The van der Waals surface area contributed by atoms with E-state index in [4.69, 9.17) is 10.3 Å². The minimum atomic E-state index is 0.152.